The molecule has 0 saturated carbocycles. The van der Waals surface area contributed by atoms with Gasteiger partial charge in [-0.05, 0) is 43.3 Å². The first-order valence-corrected chi connectivity index (χ1v) is 10.9. The van der Waals surface area contributed by atoms with Gasteiger partial charge in [0.05, 0.1) is 11.3 Å². The summed E-state index contributed by atoms with van der Waals surface area (Å²) >= 11 is 1.43. The summed E-state index contributed by atoms with van der Waals surface area (Å²) in [7, 11) is 0. The summed E-state index contributed by atoms with van der Waals surface area (Å²) in [5.41, 5.74) is 1.97. The number of hydrogen-bond acceptors (Lipinski definition) is 3. The molecule has 32 heavy (non-hydrogen) atoms. The van der Waals surface area contributed by atoms with Crippen molar-refractivity contribution in [3.05, 3.63) is 95.1 Å². The molecule has 1 atom stereocenters. The van der Waals surface area contributed by atoms with Crippen molar-refractivity contribution in [2.75, 3.05) is 16.0 Å². The standard InChI is InChI=1S/C24H19F3N2O2S/c1-15-9-11-18(12-10-15)29-21(30)14-32-23(29)19-7-2-3-8-20(19)28-22(31)16-5-4-6-17(13-16)24(25,26)27/h2-13,23H,14H2,1H3,(H,28,31). The van der Waals surface area contributed by atoms with Crippen molar-refractivity contribution in [2.45, 2.75) is 18.5 Å². The number of anilines is 2. The number of nitrogens with one attached hydrogen (secondary N) is 1. The van der Waals surface area contributed by atoms with Crippen molar-refractivity contribution in [3.8, 4) is 0 Å². The van der Waals surface area contributed by atoms with E-state index in [4.69, 9.17) is 0 Å². The van der Waals surface area contributed by atoms with Crippen molar-refractivity contribution in [1.29, 1.82) is 0 Å². The molecular weight excluding hydrogens is 437 g/mol. The second-order valence-electron chi connectivity index (χ2n) is 7.38. The molecular formula is C24H19F3N2O2S. The SMILES string of the molecule is Cc1ccc(N2C(=O)CSC2c2ccccc2NC(=O)c2cccc(C(F)(F)F)c2)cc1. The van der Waals surface area contributed by atoms with Crippen LogP contribution in [0.3, 0.4) is 0 Å². The van der Waals surface area contributed by atoms with E-state index in [0.29, 0.717) is 11.3 Å². The molecule has 0 radical (unpaired) electrons. The van der Waals surface area contributed by atoms with Crippen LogP contribution >= 0.6 is 11.8 Å². The van der Waals surface area contributed by atoms with Crippen LogP contribution in [0.5, 0.6) is 0 Å². The molecule has 4 rings (SSSR count). The molecule has 0 aromatic heterocycles. The van der Waals surface area contributed by atoms with Crippen LogP contribution in [0.1, 0.15) is 32.4 Å². The number of benzene rings is 3. The molecule has 1 fully saturated rings. The van der Waals surface area contributed by atoms with Gasteiger partial charge in [0, 0.05) is 22.5 Å². The van der Waals surface area contributed by atoms with Crippen molar-refractivity contribution >= 4 is 35.0 Å². The maximum Gasteiger partial charge on any atom is 0.416 e. The Bertz CT molecular complexity index is 1160. The number of carbonyl (C=O) groups excluding carboxylic acids is 2. The number of nitrogens with zero attached hydrogens (tertiary/aromatic N) is 1. The Morgan fingerprint density at radius 3 is 2.47 bits per heavy atom. The number of alkyl halides is 3. The minimum absolute atomic E-state index is 0.0529. The highest BCUT2D eigenvalue weighted by Gasteiger charge is 2.35. The van der Waals surface area contributed by atoms with Crippen LogP contribution < -0.4 is 10.2 Å². The zero-order valence-corrected chi connectivity index (χ0v) is 17.8. The molecule has 8 heteroatoms. The molecule has 1 heterocycles. The predicted molar refractivity (Wildman–Crippen MR) is 120 cm³/mol. The average molecular weight is 456 g/mol. The summed E-state index contributed by atoms with van der Waals surface area (Å²) in [5, 5.41) is 2.35. The summed E-state index contributed by atoms with van der Waals surface area (Å²) < 4.78 is 39.1. The minimum atomic E-state index is -4.54. The van der Waals surface area contributed by atoms with Gasteiger partial charge in [0.25, 0.3) is 5.91 Å². The van der Waals surface area contributed by atoms with E-state index in [1.54, 1.807) is 29.2 Å². The van der Waals surface area contributed by atoms with E-state index in [9.17, 15) is 22.8 Å². The first-order chi connectivity index (χ1) is 15.2. The highest BCUT2D eigenvalue weighted by atomic mass is 32.2. The molecule has 0 bridgehead atoms. The highest BCUT2D eigenvalue weighted by Crippen LogP contribution is 2.44. The van der Waals surface area contributed by atoms with Crippen molar-refractivity contribution in [2.24, 2.45) is 0 Å². The lowest BCUT2D eigenvalue weighted by atomic mass is 10.1. The molecule has 1 aliphatic rings. The molecule has 1 aliphatic heterocycles. The minimum Gasteiger partial charge on any atom is -0.322 e. The third-order valence-corrected chi connectivity index (χ3v) is 6.30. The molecule has 2 amide bonds. The number of hydrogen-bond donors (Lipinski definition) is 1. The van der Waals surface area contributed by atoms with E-state index < -0.39 is 17.6 Å². The third kappa shape index (κ3) is 4.50. The fraction of sp³-hybridized carbons (Fsp3) is 0.167. The predicted octanol–water partition coefficient (Wildman–Crippen LogP) is 6.04. The van der Waals surface area contributed by atoms with E-state index in [1.807, 2.05) is 31.2 Å². The number of aryl methyl sites for hydroxylation is 1. The lowest BCUT2D eigenvalue weighted by Gasteiger charge is -2.26. The summed E-state index contributed by atoms with van der Waals surface area (Å²) in [5.74, 6) is -0.420. The number of rotatable bonds is 4. The van der Waals surface area contributed by atoms with Gasteiger partial charge in [-0.2, -0.15) is 13.2 Å². The Hall–Kier alpha value is -3.26. The fourth-order valence-corrected chi connectivity index (χ4v) is 4.71. The summed E-state index contributed by atoms with van der Waals surface area (Å²) in [6.07, 6.45) is -4.54. The smallest absolute Gasteiger partial charge is 0.322 e. The third-order valence-electron chi connectivity index (χ3n) is 5.11. The lowest BCUT2D eigenvalue weighted by molar-refractivity contribution is -0.137. The van der Waals surface area contributed by atoms with Gasteiger partial charge in [-0.1, -0.05) is 42.0 Å². The quantitative estimate of drug-likeness (QED) is 0.520. The highest BCUT2D eigenvalue weighted by molar-refractivity contribution is 8.00. The van der Waals surface area contributed by atoms with E-state index in [0.717, 1.165) is 23.4 Å². The van der Waals surface area contributed by atoms with Crippen molar-refractivity contribution < 1.29 is 22.8 Å². The first-order valence-electron chi connectivity index (χ1n) is 9.82. The Morgan fingerprint density at radius 1 is 1.03 bits per heavy atom. The van der Waals surface area contributed by atoms with Crippen molar-refractivity contribution in [3.63, 3.8) is 0 Å². The summed E-state index contributed by atoms with van der Waals surface area (Å²) in [6.45, 7) is 1.96. The van der Waals surface area contributed by atoms with Gasteiger partial charge in [-0.3, -0.25) is 14.5 Å². The first kappa shape index (κ1) is 22.0. The zero-order valence-electron chi connectivity index (χ0n) is 17.0. The summed E-state index contributed by atoms with van der Waals surface area (Å²) in [4.78, 5) is 27.1. The fourth-order valence-electron chi connectivity index (χ4n) is 3.50. The van der Waals surface area contributed by atoms with Gasteiger partial charge in [-0.15, -0.1) is 11.8 Å². The zero-order chi connectivity index (χ0) is 22.9. The van der Waals surface area contributed by atoms with E-state index in [2.05, 4.69) is 5.32 Å². The molecule has 4 nitrogen and oxygen atoms in total. The summed E-state index contributed by atoms with van der Waals surface area (Å²) in [6, 6.07) is 18.9. The molecule has 1 unspecified atom stereocenters. The Morgan fingerprint density at radius 2 is 1.75 bits per heavy atom. The maximum absolute atomic E-state index is 13.0. The largest absolute Gasteiger partial charge is 0.416 e. The second-order valence-corrected chi connectivity index (χ2v) is 8.45. The van der Waals surface area contributed by atoms with Crippen molar-refractivity contribution in [1.82, 2.24) is 0 Å². The average Bonchev–Trinajstić information content (AvgIpc) is 3.15. The molecule has 3 aromatic rings. The molecule has 3 aromatic carbocycles. The van der Waals surface area contributed by atoms with Gasteiger partial charge in [-0.25, -0.2) is 0 Å². The van der Waals surface area contributed by atoms with Gasteiger partial charge >= 0.3 is 6.18 Å². The second kappa shape index (κ2) is 8.70. The molecule has 0 aliphatic carbocycles. The lowest BCUT2D eigenvalue weighted by Crippen LogP contribution is -2.28. The monoisotopic (exact) mass is 456 g/mol. The Kier molecular flexibility index (Phi) is 5.97. The number of carbonyl (C=O) groups is 2. The Balaban J connectivity index is 1.64. The normalized spacial score (nSPS) is 16.3. The van der Waals surface area contributed by atoms with Crippen LogP contribution in [0.4, 0.5) is 24.5 Å². The van der Waals surface area contributed by atoms with E-state index >= 15 is 0 Å². The van der Waals surface area contributed by atoms with E-state index in [-0.39, 0.29) is 22.6 Å². The number of para-hydroxylation sites is 1. The number of halogens is 3. The molecule has 1 N–H and O–H groups in total. The van der Waals surface area contributed by atoms with Crippen LogP contribution in [0, 0.1) is 6.92 Å². The van der Waals surface area contributed by atoms with Crippen LogP contribution in [0.2, 0.25) is 0 Å². The number of amides is 2. The van der Waals surface area contributed by atoms with Crippen LogP contribution in [-0.2, 0) is 11.0 Å². The van der Waals surface area contributed by atoms with Crippen LogP contribution in [0.25, 0.3) is 0 Å². The Labute approximate surface area is 187 Å². The van der Waals surface area contributed by atoms with Crippen LogP contribution in [0.15, 0.2) is 72.8 Å². The topological polar surface area (TPSA) is 49.4 Å². The van der Waals surface area contributed by atoms with Crippen LogP contribution in [-0.4, -0.2) is 17.6 Å². The van der Waals surface area contributed by atoms with E-state index in [1.165, 1.54) is 23.9 Å². The van der Waals surface area contributed by atoms with Gasteiger partial charge in [0.2, 0.25) is 5.91 Å². The molecule has 1 saturated heterocycles. The molecule has 164 valence electrons. The number of thioether (sulfide) groups is 1. The molecule has 0 spiro atoms. The van der Waals surface area contributed by atoms with Gasteiger partial charge in [0.1, 0.15) is 5.37 Å². The van der Waals surface area contributed by atoms with Gasteiger partial charge < -0.3 is 5.32 Å². The van der Waals surface area contributed by atoms with Gasteiger partial charge in [0.15, 0.2) is 0 Å². The maximum atomic E-state index is 13.0.